The van der Waals surface area contributed by atoms with Gasteiger partial charge in [-0.2, -0.15) is 5.26 Å². The van der Waals surface area contributed by atoms with Crippen molar-refractivity contribution in [3.63, 3.8) is 0 Å². The fraction of sp³-hybridized carbons (Fsp3) is 0.364. The van der Waals surface area contributed by atoms with Gasteiger partial charge >= 0.3 is 6.09 Å². The van der Waals surface area contributed by atoms with Crippen molar-refractivity contribution >= 4 is 11.8 Å². The number of carbonyl (C=O) groups is 1. The maximum absolute atomic E-state index is 12.2. The van der Waals surface area contributed by atoms with E-state index in [1.807, 2.05) is 30.3 Å². The van der Waals surface area contributed by atoms with E-state index in [0.717, 1.165) is 24.8 Å². The van der Waals surface area contributed by atoms with Crippen molar-refractivity contribution in [2.24, 2.45) is 11.0 Å². The second-order valence-corrected chi connectivity index (χ2v) is 7.09. The Hall–Kier alpha value is -3.69. The van der Waals surface area contributed by atoms with Crippen LogP contribution in [0, 0.1) is 17.2 Å². The van der Waals surface area contributed by atoms with Gasteiger partial charge in [-0.05, 0) is 48.4 Å². The lowest BCUT2D eigenvalue weighted by molar-refractivity contribution is 0.0800. The van der Waals surface area contributed by atoms with E-state index in [1.165, 1.54) is 0 Å². The first-order valence-electron chi connectivity index (χ1n) is 9.87. The molecule has 1 amide bonds. The molecule has 1 aliphatic heterocycles. The molecule has 1 heterocycles. The van der Waals surface area contributed by atoms with Gasteiger partial charge in [-0.1, -0.05) is 41.5 Å². The third-order valence-corrected chi connectivity index (χ3v) is 5.11. The Morgan fingerprint density at radius 3 is 2.70 bits per heavy atom. The number of carbonyl (C=O) groups excluding carboxylic acids is 1. The van der Waals surface area contributed by atoms with E-state index in [0.29, 0.717) is 42.6 Å². The molecule has 2 aromatic rings. The number of benzene rings is 2. The predicted molar refractivity (Wildman–Crippen MR) is 111 cm³/mol. The molecule has 0 bridgehead atoms. The van der Waals surface area contributed by atoms with Gasteiger partial charge in [-0.3, -0.25) is 0 Å². The molecule has 2 aromatic carbocycles. The number of likely N-dealkylation sites (tertiary alicyclic amines) is 1. The van der Waals surface area contributed by atoms with Crippen LogP contribution >= 0.6 is 0 Å². The summed E-state index contributed by atoms with van der Waals surface area (Å²) in [6.45, 7) is 2.06. The van der Waals surface area contributed by atoms with Crippen molar-refractivity contribution in [1.29, 1.82) is 5.26 Å². The third kappa shape index (κ3) is 5.90. The number of hydrogen-bond donors (Lipinski definition) is 0. The van der Waals surface area contributed by atoms with Crippen LogP contribution in [0.25, 0.3) is 10.4 Å². The molecule has 0 aromatic heterocycles. The molecule has 0 aliphatic carbocycles. The molecule has 154 valence electrons. The van der Waals surface area contributed by atoms with Gasteiger partial charge in [0.05, 0.1) is 12.2 Å². The van der Waals surface area contributed by atoms with Crippen molar-refractivity contribution in [3.8, 4) is 11.8 Å². The van der Waals surface area contributed by atoms with E-state index >= 15 is 0 Å². The number of piperidine rings is 1. The third-order valence-electron chi connectivity index (χ3n) is 5.11. The molecule has 3 rings (SSSR count). The molecule has 0 unspecified atom stereocenters. The molecule has 0 atom stereocenters. The maximum atomic E-state index is 12.2. The molecule has 8 heteroatoms. The van der Waals surface area contributed by atoms with E-state index < -0.39 is 0 Å². The predicted octanol–water partition coefficient (Wildman–Crippen LogP) is 5.32. The second kappa shape index (κ2) is 10.7. The number of azide groups is 1. The highest BCUT2D eigenvalue weighted by Gasteiger charge is 2.23. The molecule has 0 N–H and O–H groups in total. The Kier molecular flexibility index (Phi) is 7.53. The van der Waals surface area contributed by atoms with Gasteiger partial charge in [0, 0.05) is 23.7 Å². The molecule has 0 spiro atoms. The normalized spacial score (nSPS) is 13.8. The summed E-state index contributed by atoms with van der Waals surface area (Å²) in [6.07, 6.45) is 2.31. The fourth-order valence-corrected chi connectivity index (χ4v) is 3.39. The highest BCUT2D eigenvalue weighted by Crippen LogP contribution is 2.26. The minimum absolute atomic E-state index is 0.276. The van der Waals surface area contributed by atoms with Crippen LogP contribution in [0.2, 0.25) is 0 Å². The molecular weight excluding hydrogens is 382 g/mol. The van der Waals surface area contributed by atoms with Gasteiger partial charge in [0.1, 0.15) is 18.4 Å². The number of nitriles is 1. The van der Waals surface area contributed by atoms with Crippen molar-refractivity contribution in [2.75, 3.05) is 19.7 Å². The van der Waals surface area contributed by atoms with Gasteiger partial charge in [0.2, 0.25) is 0 Å². The number of hydrogen-bond acceptors (Lipinski definition) is 5. The molecule has 1 aliphatic rings. The van der Waals surface area contributed by atoms with Crippen molar-refractivity contribution in [3.05, 3.63) is 70.1 Å². The average Bonchev–Trinajstić information content (AvgIpc) is 2.79. The zero-order chi connectivity index (χ0) is 21.2. The Morgan fingerprint density at radius 2 is 2.00 bits per heavy atom. The summed E-state index contributed by atoms with van der Waals surface area (Å²) in [7, 11) is 0. The Morgan fingerprint density at radius 1 is 1.23 bits per heavy atom. The summed E-state index contributed by atoms with van der Waals surface area (Å²) in [4.78, 5) is 16.7. The maximum Gasteiger partial charge on any atom is 0.410 e. The van der Waals surface area contributed by atoms with Crippen LogP contribution in [-0.4, -0.2) is 30.7 Å². The summed E-state index contributed by atoms with van der Waals surface area (Å²) >= 11 is 0. The SMILES string of the molecule is N#Cc1ccc(N=[N+]=[N-])cc1OCCC1CCN(C(=O)OCc2ccccc2)CC1. The monoisotopic (exact) mass is 405 g/mol. The van der Waals surface area contributed by atoms with Gasteiger partial charge in [0.25, 0.3) is 0 Å². The van der Waals surface area contributed by atoms with E-state index in [1.54, 1.807) is 23.1 Å². The molecule has 0 radical (unpaired) electrons. The van der Waals surface area contributed by atoms with Gasteiger partial charge in [-0.25, -0.2) is 4.79 Å². The zero-order valence-electron chi connectivity index (χ0n) is 16.6. The molecule has 1 saturated heterocycles. The van der Waals surface area contributed by atoms with E-state index in [9.17, 15) is 10.1 Å². The average molecular weight is 405 g/mol. The summed E-state index contributed by atoms with van der Waals surface area (Å²) in [6, 6.07) is 16.4. The minimum atomic E-state index is -0.276. The number of ether oxygens (including phenoxy) is 2. The quantitative estimate of drug-likeness (QED) is 0.352. The highest BCUT2D eigenvalue weighted by atomic mass is 16.6. The molecular formula is C22H23N5O3. The van der Waals surface area contributed by atoms with Crippen molar-refractivity contribution in [1.82, 2.24) is 4.90 Å². The first-order valence-corrected chi connectivity index (χ1v) is 9.87. The van der Waals surface area contributed by atoms with Crippen LogP contribution in [0.15, 0.2) is 53.6 Å². The summed E-state index contributed by atoms with van der Waals surface area (Å²) in [5, 5.41) is 12.7. The molecule has 30 heavy (non-hydrogen) atoms. The zero-order valence-corrected chi connectivity index (χ0v) is 16.6. The highest BCUT2D eigenvalue weighted by molar-refractivity contribution is 5.67. The van der Waals surface area contributed by atoms with Crippen LogP contribution in [-0.2, 0) is 11.3 Å². The second-order valence-electron chi connectivity index (χ2n) is 7.09. The molecule has 8 nitrogen and oxygen atoms in total. The summed E-state index contributed by atoms with van der Waals surface area (Å²) in [5.74, 6) is 0.860. The van der Waals surface area contributed by atoms with Crippen molar-refractivity contribution in [2.45, 2.75) is 25.9 Å². The Bertz CT molecular complexity index is 943. The van der Waals surface area contributed by atoms with Crippen LogP contribution in [0.1, 0.15) is 30.4 Å². The van der Waals surface area contributed by atoms with Crippen molar-refractivity contribution < 1.29 is 14.3 Å². The lowest BCUT2D eigenvalue weighted by Crippen LogP contribution is -2.39. The number of nitrogens with zero attached hydrogens (tertiary/aromatic N) is 5. The minimum Gasteiger partial charge on any atom is -0.492 e. The topological polar surface area (TPSA) is 111 Å². The van der Waals surface area contributed by atoms with E-state index in [4.69, 9.17) is 15.0 Å². The van der Waals surface area contributed by atoms with Crippen LogP contribution < -0.4 is 4.74 Å². The number of amides is 1. The standard InChI is InChI=1S/C22H23N5O3/c23-15-19-6-7-20(25-26-24)14-21(19)29-13-10-17-8-11-27(12-9-17)22(28)30-16-18-4-2-1-3-5-18/h1-7,14,17H,8-13,16H2. The van der Waals surface area contributed by atoms with Crippen LogP contribution in [0.5, 0.6) is 5.75 Å². The largest absolute Gasteiger partial charge is 0.492 e. The number of rotatable bonds is 7. The van der Waals surface area contributed by atoms with E-state index in [2.05, 4.69) is 16.1 Å². The first kappa shape index (κ1) is 21.0. The molecule has 1 fully saturated rings. The summed E-state index contributed by atoms with van der Waals surface area (Å²) < 4.78 is 11.2. The first-order chi connectivity index (χ1) is 14.7. The van der Waals surface area contributed by atoms with Crippen LogP contribution in [0.3, 0.4) is 0 Å². The smallest absolute Gasteiger partial charge is 0.410 e. The van der Waals surface area contributed by atoms with E-state index in [-0.39, 0.29) is 12.7 Å². The lowest BCUT2D eigenvalue weighted by atomic mass is 9.94. The Labute approximate surface area is 175 Å². The van der Waals surface area contributed by atoms with Gasteiger partial charge in [0.15, 0.2) is 0 Å². The molecule has 0 saturated carbocycles. The fourth-order valence-electron chi connectivity index (χ4n) is 3.39. The van der Waals surface area contributed by atoms with Crippen LogP contribution in [0.4, 0.5) is 10.5 Å². The Balaban J connectivity index is 1.41. The van der Waals surface area contributed by atoms with Gasteiger partial charge < -0.3 is 14.4 Å². The van der Waals surface area contributed by atoms with Gasteiger partial charge in [-0.15, -0.1) is 0 Å². The summed E-state index contributed by atoms with van der Waals surface area (Å²) in [5.41, 5.74) is 10.3. The lowest BCUT2D eigenvalue weighted by Gasteiger charge is -2.31.